The molecule has 15 heavy (non-hydrogen) atoms. The molecule has 0 atom stereocenters. The van der Waals surface area contributed by atoms with E-state index in [1.165, 1.54) is 6.08 Å². The van der Waals surface area contributed by atoms with Crippen LogP contribution in [0, 0.1) is 0 Å². The van der Waals surface area contributed by atoms with Crippen LogP contribution >= 0.6 is 0 Å². The summed E-state index contributed by atoms with van der Waals surface area (Å²) < 4.78 is 0. The Balaban J connectivity index is 2.49. The summed E-state index contributed by atoms with van der Waals surface area (Å²) in [6.07, 6.45) is 1.51. The Morgan fingerprint density at radius 1 is 1.20 bits per heavy atom. The van der Waals surface area contributed by atoms with Gasteiger partial charge >= 0.3 is 11.8 Å². The molecule has 1 aromatic carbocycles. The van der Waals surface area contributed by atoms with Crippen molar-refractivity contribution in [3.8, 4) is 0 Å². The number of carbonyl (C=O) groups excluding carboxylic acids is 2. The fourth-order valence-corrected chi connectivity index (χ4v) is 0.954. The molecule has 0 unspecified atom stereocenters. The number of nitrogens with one attached hydrogen (secondary N) is 2. The molecule has 0 fully saturated rings. The van der Waals surface area contributed by atoms with Gasteiger partial charge in [0.1, 0.15) is 0 Å². The maximum Gasteiger partial charge on any atom is 0.313 e. The van der Waals surface area contributed by atoms with E-state index in [9.17, 15) is 9.59 Å². The Morgan fingerprint density at radius 3 is 2.47 bits per heavy atom. The maximum atomic E-state index is 11.3. The average molecular weight is 204 g/mol. The van der Waals surface area contributed by atoms with Crippen LogP contribution in [-0.4, -0.2) is 18.4 Å². The van der Waals surface area contributed by atoms with Gasteiger partial charge in [0.05, 0.1) is 0 Å². The molecule has 0 spiro atoms. The zero-order chi connectivity index (χ0) is 11.1. The van der Waals surface area contributed by atoms with E-state index >= 15 is 0 Å². The number of carbonyl (C=O) groups is 2. The molecule has 0 heterocycles. The molecule has 0 saturated carbocycles. The van der Waals surface area contributed by atoms with Gasteiger partial charge in [-0.15, -0.1) is 6.58 Å². The van der Waals surface area contributed by atoms with Gasteiger partial charge in [0.15, 0.2) is 0 Å². The van der Waals surface area contributed by atoms with Crippen LogP contribution in [0.3, 0.4) is 0 Å². The summed E-state index contributed by atoms with van der Waals surface area (Å²) in [5.74, 6) is -1.35. The molecular formula is C11H12N2O2. The standard InChI is InChI=1S/C11H12N2O2/c1-2-8-12-10(14)11(15)13-9-6-4-3-5-7-9/h2-7H,1,8H2,(H,12,14)(H,13,15). The third-order valence-corrected chi connectivity index (χ3v) is 1.64. The summed E-state index contributed by atoms with van der Waals surface area (Å²) in [6, 6.07) is 8.79. The topological polar surface area (TPSA) is 58.2 Å². The predicted molar refractivity (Wildman–Crippen MR) is 58.3 cm³/mol. The smallest absolute Gasteiger partial charge is 0.313 e. The lowest BCUT2D eigenvalue weighted by Gasteiger charge is -2.04. The molecule has 4 nitrogen and oxygen atoms in total. The molecule has 78 valence electrons. The minimum Gasteiger partial charge on any atom is -0.344 e. The van der Waals surface area contributed by atoms with Crippen LogP contribution in [0.25, 0.3) is 0 Å². The molecule has 0 bridgehead atoms. The van der Waals surface area contributed by atoms with Crippen LogP contribution in [0.4, 0.5) is 5.69 Å². The number of hydrogen-bond acceptors (Lipinski definition) is 2. The van der Waals surface area contributed by atoms with Gasteiger partial charge in [-0.1, -0.05) is 24.3 Å². The monoisotopic (exact) mass is 204 g/mol. The van der Waals surface area contributed by atoms with Gasteiger partial charge in [-0.05, 0) is 12.1 Å². The number of hydrogen-bond donors (Lipinski definition) is 2. The highest BCUT2D eigenvalue weighted by atomic mass is 16.2. The summed E-state index contributed by atoms with van der Waals surface area (Å²) in [6.45, 7) is 3.71. The Morgan fingerprint density at radius 2 is 1.87 bits per heavy atom. The van der Waals surface area contributed by atoms with Gasteiger partial charge in [-0.25, -0.2) is 0 Å². The fourth-order valence-electron chi connectivity index (χ4n) is 0.954. The lowest BCUT2D eigenvalue weighted by molar-refractivity contribution is -0.136. The number of para-hydroxylation sites is 1. The molecule has 0 saturated heterocycles. The first-order valence-corrected chi connectivity index (χ1v) is 4.49. The fraction of sp³-hybridized carbons (Fsp3) is 0.0909. The molecule has 2 N–H and O–H groups in total. The second kappa shape index (κ2) is 5.59. The maximum absolute atomic E-state index is 11.3. The van der Waals surface area contributed by atoms with Crippen LogP contribution < -0.4 is 10.6 Å². The average Bonchev–Trinajstić information content (AvgIpc) is 2.27. The van der Waals surface area contributed by atoms with E-state index in [1.54, 1.807) is 24.3 Å². The molecule has 1 rings (SSSR count). The van der Waals surface area contributed by atoms with E-state index in [1.807, 2.05) is 6.07 Å². The van der Waals surface area contributed by atoms with Crippen molar-refractivity contribution < 1.29 is 9.59 Å². The summed E-state index contributed by atoms with van der Waals surface area (Å²) in [7, 11) is 0. The van der Waals surface area contributed by atoms with Crippen molar-refractivity contribution in [3.63, 3.8) is 0 Å². The first-order chi connectivity index (χ1) is 7.24. The molecular weight excluding hydrogens is 192 g/mol. The van der Waals surface area contributed by atoms with E-state index in [-0.39, 0.29) is 6.54 Å². The summed E-state index contributed by atoms with van der Waals surface area (Å²) >= 11 is 0. The molecule has 0 aliphatic carbocycles. The van der Waals surface area contributed by atoms with Crippen LogP contribution in [0.5, 0.6) is 0 Å². The largest absolute Gasteiger partial charge is 0.344 e. The number of benzene rings is 1. The van der Waals surface area contributed by atoms with Gasteiger partial charge in [-0.3, -0.25) is 9.59 Å². The van der Waals surface area contributed by atoms with Gasteiger partial charge in [0.2, 0.25) is 0 Å². The quantitative estimate of drug-likeness (QED) is 0.568. The van der Waals surface area contributed by atoms with E-state index < -0.39 is 11.8 Å². The molecule has 4 heteroatoms. The Kier molecular flexibility index (Phi) is 4.09. The van der Waals surface area contributed by atoms with Crippen molar-refractivity contribution >= 4 is 17.5 Å². The molecule has 2 amide bonds. The molecule has 0 radical (unpaired) electrons. The Labute approximate surface area is 88.0 Å². The molecule has 0 aromatic heterocycles. The van der Waals surface area contributed by atoms with Crippen LogP contribution in [0.15, 0.2) is 43.0 Å². The van der Waals surface area contributed by atoms with Gasteiger partial charge in [0, 0.05) is 12.2 Å². The predicted octanol–water partition coefficient (Wildman–Crippen LogP) is 0.927. The van der Waals surface area contributed by atoms with Gasteiger partial charge < -0.3 is 10.6 Å². The highest BCUT2D eigenvalue weighted by Gasteiger charge is 2.11. The van der Waals surface area contributed by atoms with Gasteiger partial charge in [0.25, 0.3) is 0 Å². The Bertz CT molecular complexity index is 360. The molecule has 0 aliphatic rings. The van der Waals surface area contributed by atoms with Crippen molar-refractivity contribution in [1.82, 2.24) is 5.32 Å². The van der Waals surface area contributed by atoms with E-state index in [4.69, 9.17) is 0 Å². The summed E-state index contributed by atoms with van der Waals surface area (Å²) in [5.41, 5.74) is 0.594. The summed E-state index contributed by atoms with van der Waals surface area (Å²) in [4.78, 5) is 22.4. The highest BCUT2D eigenvalue weighted by Crippen LogP contribution is 2.03. The lowest BCUT2D eigenvalue weighted by atomic mass is 10.3. The van der Waals surface area contributed by atoms with E-state index in [2.05, 4.69) is 17.2 Å². The van der Waals surface area contributed by atoms with Crippen molar-refractivity contribution in [3.05, 3.63) is 43.0 Å². The SMILES string of the molecule is C=CCNC(=O)C(=O)Nc1ccccc1. The second-order valence-electron chi connectivity index (χ2n) is 2.82. The normalized spacial score (nSPS) is 9.07. The third-order valence-electron chi connectivity index (χ3n) is 1.64. The van der Waals surface area contributed by atoms with Crippen molar-refractivity contribution in [2.75, 3.05) is 11.9 Å². The van der Waals surface area contributed by atoms with Crippen molar-refractivity contribution in [2.24, 2.45) is 0 Å². The van der Waals surface area contributed by atoms with E-state index in [0.717, 1.165) is 0 Å². The van der Waals surface area contributed by atoms with Gasteiger partial charge in [-0.2, -0.15) is 0 Å². The zero-order valence-electron chi connectivity index (χ0n) is 8.19. The third kappa shape index (κ3) is 3.64. The number of rotatable bonds is 3. The minimum absolute atomic E-state index is 0.279. The van der Waals surface area contributed by atoms with Crippen LogP contribution in [0.1, 0.15) is 0 Å². The number of amides is 2. The first kappa shape index (κ1) is 11.0. The van der Waals surface area contributed by atoms with E-state index in [0.29, 0.717) is 5.69 Å². The summed E-state index contributed by atoms with van der Waals surface area (Å²) in [5, 5.41) is 4.85. The van der Waals surface area contributed by atoms with Crippen LogP contribution in [0.2, 0.25) is 0 Å². The van der Waals surface area contributed by atoms with Crippen LogP contribution in [-0.2, 0) is 9.59 Å². The zero-order valence-corrected chi connectivity index (χ0v) is 8.19. The second-order valence-corrected chi connectivity index (χ2v) is 2.82. The number of anilines is 1. The minimum atomic E-state index is -0.678. The highest BCUT2D eigenvalue weighted by molar-refractivity contribution is 6.39. The molecule has 1 aromatic rings. The first-order valence-electron chi connectivity index (χ1n) is 4.49. The molecule has 0 aliphatic heterocycles. The Hall–Kier alpha value is -2.10. The lowest BCUT2D eigenvalue weighted by Crippen LogP contribution is -2.35. The van der Waals surface area contributed by atoms with Crippen molar-refractivity contribution in [1.29, 1.82) is 0 Å². The van der Waals surface area contributed by atoms with Crippen molar-refractivity contribution in [2.45, 2.75) is 0 Å².